The minimum Gasteiger partial charge on any atom is -0.431 e. The molecule has 258 valence electrons. The second-order valence-corrected chi connectivity index (χ2v) is 13.7. The monoisotopic (exact) mass is 696 g/mol. The number of aromatic nitrogens is 1. The fourth-order valence-corrected chi connectivity index (χ4v) is 7.34. The average Bonchev–Trinajstić information content (AvgIpc) is 3.62. The van der Waals surface area contributed by atoms with Gasteiger partial charge in [-0.2, -0.15) is 0 Å². The van der Waals surface area contributed by atoms with E-state index in [1.165, 1.54) is 6.92 Å². The van der Waals surface area contributed by atoms with E-state index < -0.39 is 6.29 Å². The summed E-state index contributed by atoms with van der Waals surface area (Å²) in [7, 11) is 0. The molecule has 1 aromatic heterocycles. The molecule has 0 aliphatic carbocycles. The Morgan fingerprint density at radius 2 is 1.41 bits per heavy atom. The zero-order valence-electron chi connectivity index (χ0n) is 28.6. The van der Waals surface area contributed by atoms with Crippen LogP contribution in [0.4, 0.5) is 0 Å². The van der Waals surface area contributed by atoms with Crippen LogP contribution in [0.25, 0.3) is 33.7 Å². The molecule has 5 aromatic carbocycles. The number of carbonyl (C=O) groups is 1. The summed E-state index contributed by atoms with van der Waals surface area (Å²) in [6, 6.07) is 44.5. The van der Waals surface area contributed by atoms with E-state index in [1.807, 2.05) is 109 Å². The van der Waals surface area contributed by atoms with Gasteiger partial charge in [0, 0.05) is 41.8 Å². The number of aliphatic hydroxyl groups is 1. The molecule has 4 atom stereocenters. The van der Waals surface area contributed by atoms with Gasteiger partial charge in [0.25, 0.3) is 5.22 Å². The minimum atomic E-state index is -0.624. The van der Waals surface area contributed by atoms with Crippen molar-refractivity contribution in [2.24, 2.45) is 5.92 Å². The Hall–Kier alpha value is -4.99. The van der Waals surface area contributed by atoms with Gasteiger partial charge in [-0.25, -0.2) is 4.98 Å². The van der Waals surface area contributed by atoms with Crippen LogP contribution in [-0.4, -0.2) is 27.9 Å². The normalized spacial score (nSPS) is 18.7. The minimum absolute atomic E-state index is 0.000448. The van der Waals surface area contributed by atoms with Gasteiger partial charge in [-0.1, -0.05) is 140 Å². The van der Waals surface area contributed by atoms with Crippen LogP contribution < -0.4 is 5.32 Å². The van der Waals surface area contributed by atoms with Gasteiger partial charge in [-0.3, -0.25) is 4.79 Å². The van der Waals surface area contributed by atoms with Crippen molar-refractivity contribution in [2.75, 3.05) is 5.75 Å². The van der Waals surface area contributed by atoms with Gasteiger partial charge < -0.3 is 24.3 Å². The second kappa shape index (κ2) is 15.9. The third-order valence-electron chi connectivity index (χ3n) is 9.15. The number of benzene rings is 5. The molecule has 7 nitrogen and oxygen atoms in total. The summed E-state index contributed by atoms with van der Waals surface area (Å²) >= 11 is 1.54. The van der Waals surface area contributed by atoms with E-state index in [9.17, 15) is 9.90 Å². The Morgan fingerprint density at radius 3 is 2.12 bits per heavy atom. The van der Waals surface area contributed by atoms with Gasteiger partial charge in [-0.05, 0) is 39.9 Å². The molecule has 7 rings (SSSR count). The van der Waals surface area contributed by atoms with E-state index in [0.717, 1.165) is 56.0 Å². The molecule has 0 radical (unpaired) electrons. The number of nitrogens with one attached hydrogen (secondary N) is 1. The van der Waals surface area contributed by atoms with Crippen molar-refractivity contribution in [2.45, 2.75) is 50.7 Å². The van der Waals surface area contributed by atoms with Crippen molar-refractivity contribution in [3.05, 3.63) is 156 Å². The third kappa shape index (κ3) is 8.16. The topological polar surface area (TPSA) is 93.8 Å². The van der Waals surface area contributed by atoms with Crippen LogP contribution >= 0.6 is 11.8 Å². The fraction of sp³-hybridized carbons (Fsp3) is 0.209. The maximum Gasteiger partial charge on any atom is 0.256 e. The molecular weight excluding hydrogens is 657 g/mol. The lowest BCUT2D eigenvalue weighted by Gasteiger charge is -2.41. The van der Waals surface area contributed by atoms with Crippen LogP contribution in [0.3, 0.4) is 0 Å². The zero-order valence-corrected chi connectivity index (χ0v) is 29.4. The van der Waals surface area contributed by atoms with Crippen LogP contribution in [0.5, 0.6) is 0 Å². The number of nitrogens with zero attached hydrogens (tertiary/aromatic N) is 1. The molecule has 51 heavy (non-hydrogen) atoms. The van der Waals surface area contributed by atoms with Crippen LogP contribution in [0.15, 0.2) is 143 Å². The summed E-state index contributed by atoms with van der Waals surface area (Å²) in [6.07, 6.45) is -1.08. The highest BCUT2D eigenvalue weighted by atomic mass is 32.2. The molecule has 1 amide bonds. The first kappa shape index (κ1) is 34.5. The number of hydrogen-bond acceptors (Lipinski definition) is 7. The van der Waals surface area contributed by atoms with Crippen LogP contribution in [0.2, 0.25) is 0 Å². The number of hydrogen-bond donors (Lipinski definition) is 2. The predicted molar refractivity (Wildman–Crippen MR) is 200 cm³/mol. The van der Waals surface area contributed by atoms with E-state index >= 15 is 0 Å². The van der Waals surface area contributed by atoms with Crippen molar-refractivity contribution < 1.29 is 23.8 Å². The zero-order chi connectivity index (χ0) is 35.2. The van der Waals surface area contributed by atoms with E-state index in [4.69, 9.17) is 18.9 Å². The fourth-order valence-electron chi connectivity index (χ4n) is 6.35. The summed E-state index contributed by atoms with van der Waals surface area (Å²) in [5, 5.41) is 13.1. The molecule has 0 unspecified atom stereocenters. The molecule has 1 aliphatic heterocycles. The standard InChI is InChI=1S/C43H40N2O5S/c1-28-38(27-51-43-45-39(32-12-5-3-6-13-32)41(50-43)33-14-7-4-8-15-33)48-42(49-40(28)34-21-19-30(26-46)20-22-34)37-18-10-17-36(24-37)35-16-9-11-31(23-35)25-44-29(2)47/h3-24,28,38,40,42,46H,25-27H2,1-2H3,(H,44,47)/t28-,38+,40+,42+/m0/s1. The smallest absolute Gasteiger partial charge is 0.256 e. The molecule has 6 aromatic rings. The maximum absolute atomic E-state index is 11.5. The Bertz CT molecular complexity index is 2010. The highest BCUT2D eigenvalue weighted by Gasteiger charge is 2.39. The number of ether oxygens (including phenoxy) is 2. The lowest BCUT2D eigenvalue weighted by Crippen LogP contribution is -2.38. The van der Waals surface area contributed by atoms with Crippen LogP contribution in [-0.2, 0) is 27.4 Å². The van der Waals surface area contributed by atoms with Gasteiger partial charge in [0.2, 0.25) is 5.91 Å². The van der Waals surface area contributed by atoms with Gasteiger partial charge in [0.05, 0.1) is 18.8 Å². The van der Waals surface area contributed by atoms with E-state index in [-0.39, 0.29) is 30.6 Å². The molecule has 0 spiro atoms. The number of amides is 1. The van der Waals surface area contributed by atoms with E-state index in [0.29, 0.717) is 17.5 Å². The molecule has 2 N–H and O–H groups in total. The number of rotatable bonds is 11. The first-order chi connectivity index (χ1) is 24.9. The van der Waals surface area contributed by atoms with Crippen LogP contribution in [0, 0.1) is 5.92 Å². The number of oxazole rings is 1. The van der Waals surface area contributed by atoms with Gasteiger partial charge in [0.1, 0.15) is 5.69 Å². The predicted octanol–water partition coefficient (Wildman–Crippen LogP) is 9.39. The van der Waals surface area contributed by atoms with E-state index in [2.05, 4.69) is 36.5 Å². The summed E-state index contributed by atoms with van der Waals surface area (Å²) in [6.45, 7) is 4.13. The quantitative estimate of drug-likeness (QED) is 0.130. The first-order valence-electron chi connectivity index (χ1n) is 17.1. The first-order valence-corrected chi connectivity index (χ1v) is 18.1. The molecule has 0 bridgehead atoms. The van der Waals surface area contributed by atoms with Gasteiger partial charge >= 0.3 is 0 Å². The second-order valence-electron chi connectivity index (χ2n) is 12.8. The molecule has 8 heteroatoms. The van der Waals surface area contributed by atoms with Crippen LogP contribution in [0.1, 0.15) is 48.5 Å². The Kier molecular flexibility index (Phi) is 10.8. The molecule has 0 saturated carbocycles. The summed E-state index contributed by atoms with van der Waals surface area (Å²) < 4.78 is 20.0. The summed E-state index contributed by atoms with van der Waals surface area (Å²) in [5.41, 5.74) is 8.65. The summed E-state index contributed by atoms with van der Waals surface area (Å²) in [4.78, 5) is 16.5. The van der Waals surface area contributed by atoms with Crippen molar-refractivity contribution in [1.82, 2.24) is 10.3 Å². The Balaban J connectivity index is 1.17. The van der Waals surface area contributed by atoms with E-state index in [1.54, 1.807) is 11.8 Å². The van der Waals surface area contributed by atoms with Crippen molar-refractivity contribution in [3.63, 3.8) is 0 Å². The Morgan fingerprint density at radius 1 is 0.745 bits per heavy atom. The lowest BCUT2D eigenvalue weighted by atomic mass is 9.91. The largest absolute Gasteiger partial charge is 0.431 e. The molecule has 1 saturated heterocycles. The van der Waals surface area contributed by atoms with Gasteiger partial charge in [0.15, 0.2) is 12.1 Å². The number of aliphatic hydroxyl groups excluding tert-OH is 1. The van der Waals surface area contributed by atoms with Crippen molar-refractivity contribution >= 4 is 17.7 Å². The highest BCUT2D eigenvalue weighted by Crippen LogP contribution is 2.44. The highest BCUT2D eigenvalue weighted by molar-refractivity contribution is 7.99. The number of carbonyl (C=O) groups excluding carboxylic acids is 1. The maximum atomic E-state index is 11.5. The Labute approximate surface area is 302 Å². The van der Waals surface area contributed by atoms with Gasteiger partial charge in [-0.15, -0.1) is 0 Å². The lowest BCUT2D eigenvalue weighted by molar-refractivity contribution is -0.268. The molecular formula is C43H40N2O5S. The summed E-state index contributed by atoms with van der Waals surface area (Å²) in [5.74, 6) is 1.27. The number of thioether (sulfide) groups is 1. The third-order valence-corrected chi connectivity index (χ3v) is 10.1. The van der Waals surface area contributed by atoms with Crippen molar-refractivity contribution in [3.8, 4) is 33.7 Å². The SMILES string of the molecule is CC(=O)NCc1cccc(-c2cccc([C@@H]3O[C@H](CSc4nc(-c5ccccc5)c(-c5ccccc5)o4)[C@H](C)[C@H](c4ccc(CO)cc4)O3)c2)c1. The molecule has 2 heterocycles. The molecule has 1 fully saturated rings. The van der Waals surface area contributed by atoms with Crippen molar-refractivity contribution in [1.29, 1.82) is 0 Å². The average molecular weight is 697 g/mol. The molecule has 1 aliphatic rings.